The van der Waals surface area contributed by atoms with Crippen molar-refractivity contribution in [1.82, 2.24) is 20.1 Å². The maximum atomic E-state index is 12.2. The number of carbonyl (C=O) groups excluding carboxylic acids is 2. The predicted octanol–water partition coefficient (Wildman–Crippen LogP) is 1.68. The van der Waals surface area contributed by atoms with Crippen LogP contribution in [0.1, 0.15) is 32.4 Å². The topological polar surface area (TPSA) is 68.8 Å². The quantitative estimate of drug-likeness (QED) is 0.804. The molecule has 3 heterocycles. The molecule has 0 aromatic carbocycles. The van der Waals surface area contributed by atoms with Gasteiger partial charge in [-0.1, -0.05) is 0 Å². The van der Waals surface area contributed by atoms with Crippen LogP contribution in [0.5, 0.6) is 0 Å². The summed E-state index contributed by atoms with van der Waals surface area (Å²) in [6, 6.07) is -0.267. The van der Waals surface area contributed by atoms with E-state index < -0.39 is 5.54 Å². The molecule has 3 amide bonds. The number of anilines is 1. The molecule has 25 heavy (non-hydrogen) atoms. The minimum absolute atomic E-state index is 0.126. The van der Waals surface area contributed by atoms with Gasteiger partial charge >= 0.3 is 6.03 Å². The number of nitrogens with one attached hydrogen (secondary N) is 1. The van der Waals surface area contributed by atoms with Crippen LogP contribution in [0, 0.1) is 6.92 Å². The van der Waals surface area contributed by atoms with Crippen molar-refractivity contribution < 1.29 is 9.59 Å². The Hall–Kier alpha value is -1.67. The lowest BCUT2D eigenvalue weighted by molar-refractivity contribution is -0.130. The summed E-state index contributed by atoms with van der Waals surface area (Å²) in [7, 11) is 0. The second-order valence-electron chi connectivity index (χ2n) is 7.32. The first kappa shape index (κ1) is 18.1. The van der Waals surface area contributed by atoms with Crippen LogP contribution in [0.2, 0.25) is 0 Å². The third-order valence-electron chi connectivity index (χ3n) is 4.77. The molecule has 1 aromatic rings. The molecule has 1 N–H and O–H groups in total. The molecule has 7 nitrogen and oxygen atoms in total. The second kappa shape index (κ2) is 7.29. The smallest absolute Gasteiger partial charge is 0.325 e. The molecule has 0 atom stereocenters. The summed E-state index contributed by atoms with van der Waals surface area (Å²) < 4.78 is 0. The third kappa shape index (κ3) is 4.12. The molecule has 0 saturated carbocycles. The van der Waals surface area contributed by atoms with Gasteiger partial charge in [-0.05, 0) is 46.7 Å². The van der Waals surface area contributed by atoms with E-state index in [0.29, 0.717) is 6.54 Å². The van der Waals surface area contributed by atoms with Crippen LogP contribution >= 0.6 is 11.3 Å². The van der Waals surface area contributed by atoms with Crippen molar-refractivity contribution in [2.75, 3.05) is 44.2 Å². The zero-order chi connectivity index (χ0) is 18.0. The van der Waals surface area contributed by atoms with Gasteiger partial charge in [0, 0.05) is 31.6 Å². The number of nitrogens with zero attached hydrogens (tertiary/aromatic N) is 4. The first-order valence-corrected chi connectivity index (χ1v) is 9.78. The molecule has 2 fully saturated rings. The van der Waals surface area contributed by atoms with E-state index in [1.165, 1.54) is 4.90 Å². The molecule has 2 aliphatic rings. The fourth-order valence-electron chi connectivity index (χ4n) is 3.35. The summed E-state index contributed by atoms with van der Waals surface area (Å²) in [6.07, 6.45) is 1.92. The van der Waals surface area contributed by atoms with E-state index in [0.717, 1.165) is 56.4 Å². The Morgan fingerprint density at radius 3 is 2.64 bits per heavy atom. The van der Waals surface area contributed by atoms with Gasteiger partial charge in [-0.15, -0.1) is 11.3 Å². The number of hydrogen-bond acceptors (Lipinski definition) is 6. The van der Waals surface area contributed by atoms with Crippen molar-refractivity contribution >= 4 is 28.4 Å². The zero-order valence-corrected chi connectivity index (χ0v) is 16.1. The van der Waals surface area contributed by atoms with Gasteiger partial charge in [0.2, 0.25) is 0 Å². The van der Waals surface area contributed by atoms with Gasteiger partial charge in [0.05, 0.1) is 5.69 Å². The summed E-state index contributed by atoms with van der Waals surface area (Å²) in [5.41, 5.74) is 0.309. The van der Waals surface area contributed by atoms with Crippen molar-refractivity contribution in [3.8, 4) is 0 Å². The summed E-state index contributed by atoms with van der Waals surface area (Å²) in [4.78, 5) is 34.8. The summed E-state index contributed by atoms with van der Waals surface area (Å²) in [6.45, 7) is 11.0. The Kier molecular flexibility index (Phi) is 5.29. The Balaban J connectivity index is 1.45. The lowest BCUT2D eigenvalue weighted by Crippen LogP contribution is -2.40. The summed E-state index contributed by atoms with van der Waals surface area (Å²) in [5.74, 6) is -0.126. The van der Waals surface area contributed by atoms with Crippen molar-refractivity contribution in [2.24, 2.45) is 0 Å². The SMILES string of the molecule is Cc1csc(N2CCCN(CCCN3C(=O)NC(C)(C)C3=O)CC2)n1. The molecule has 0 spiro atoms. The summed E-state index contributed by atoms with van der Waals surface area (Å²) in [5, 5.41) is 5.94. The number of aryl methyl sites for hydroxylation is 1. The third-order valence-corrected chi connectivity index (χ3v) is 5.79. The van der Waals surface area contributed by atoms with Crippen molar-refractivity contribution in [3.63, 3.8) is 0 Å². The Labute approximate surface area is 153 Å². The highest BCUT2D eigenvalue weighted by molar-refractivity contribution is 7.13. The molecule has 8 heteroatoms. The van der Waals surface area contributed by atoms with Crippen molar-refractivity contribution in [1.29, 1.82) is 0 Å². The molecule has 0 radical (unpaired) electrons. The van der Waals surface area contributed by atoms with E-state index in [1.807, 2.05) is 6.92 Å². The highest BCUT2D eigenvalue weighted by Crippen LogP contribution is 2.21. The van der Waals surface area contributed by atoms with Gasteiger partial charge in [0.1, 0.15) is 5.54 Å². The number of imide groups is 1. The molecule has 138 valence electrons. The van der Waals surface area contributed by atoms with Gasteiger partial charge in [-0.2, -0.15) is 0 Å². The number of rotatable bonds is 5. The van der Waals surface area contributed by atoms with Gasteiger partial charge in [-0.3, -0.25) is 9.69 Å². The standard InChI is InChI=1S/C17H27N5O2S/c1-13-12-25-16(18-13)21-8-4-6-20(10-11-21)7-5-9-22-14(23)17(2,3)19-15(22)24/h12H,4-11H2,1-3H3,(H,19,24). The maximum absolute atomic E-state index is 12.2. The lowest BCUT2D eigenvalue weighted by atomic mass is 10.1. The molecular weight excluding hydrogens is 338 g/mol. The molecule has 2 saturated heterocycles. The second-order valence-corrected chi connectivity index (χ2v) is 8.16. The van der Waals surface area contributed by atoms with Crippen LogP contribution in [0.4, 0.5) is 9.93 Å². The number of urea groups is 1. The number of amides is 3. The molecular formula is C17H27N5O2S. The minimum atomic E-state index is -0.772. The van der Waals surface area contributed by atoms with E-state index in [1.54, 1.807) is 25.2 Å². The molecule has 3 rings (SSSR count). The number of aromatic nitrogens is 1. The van der Waals surface area contributed by atoms with Crippen LogP contribution in [0.3, 0.4) is 0 Å². The maximum Gasteiger partial charge on any atom is 0.325 e. The number of thiazole rings is 1. The molecule has 2 aliphatic heterocycles. The number of carbonyl (C=O) groups is 2. The molecule has 0 aliphatic carbocycles. The first-order chi connectivity index (χ1) is 11.9. The van der Waals surface area contributed by atoms with E-state index in [2.05, 4.69) is 25.5 Å². The van der Waals surface area contributed by atoms with Crippen LogP contribution < -0.4 is 10.2 Å². The monoisotopic (exact) mass is 365 g/mol. The van der Waals surface area contributed by atoms with Crippen LogP contribution in [0.15, 0.2) is 5.38 Å². The Bertz CT molecular complexity index is 645. The van der Waals surface area contributed by atoms with Gasteiger partial charge in [0.15, 0.2) is 5.13 Å². The van der Waals surface area contributed by atoms with Crippen molar-refractivity contribution in [3.05, 3.63) is 11.1 Å². The summed E-state index contributed by atoms with van der Waals surface area (Å²) >= 11 is 1.71. The van der Waals surface area contributed by atoms with E-state index in [-0.39, 0.29) is 11.9 Å². The van der Waals surface area contributed by atoms with E-state index in [9.17, 15) is 9.59 Å². The molecule has 1 aromatic heterocycles. The molecule has 0 bridgehead atoms. The molecule has 0 unspecified atom stereocenters. The minimum Gasteiger partial charge on any atom is -0.347 e. The van der Waals surface area contributed by atoms with Crippen LogP contribution in [-0.4, -0.2) is 71.5 Å². The van der Waals surface area contributed by atoms with Gasteiger partial charge in [-0.25, -0.2) is 9.78 Å². The average molecular weight is 366 g/mol. The number of hydrogen-bond donors (Lipinski definition) is 1. The van der Waals surface area contributed by atoms with E-state index >= 15 is 0 Å². The van der Waals surface area contributed by atoms with Crippen LogP contribution in [0.25, 0.3) is 0 Å². The van der Waals surface area contributed by atoms with E-state index in [4.69, 9.17) is 0 Å². The Morgan fingerprint density at radius 2 is 2.00 bits per heavy atom. The largest absolute Gasteiger partial charge is 0.347 e. The van der Waals surface area contributed by atoms with Crippen molar-refractivity contribution in [2.45, 2.75) is 39.2 Å². The first-order valence-electron chi connectivity index (χ1n) is 8.90. The fourth-order valence-corrected chi connectivity index (χ4v) is 4.20. The Morgan fingerprint density at radius 1 is 1.20 bits per heavy atom. The average Bonchev–Trinajstić information content (AvgIpc) is 2.94. The fraction of sp³-hybridized carbons (Fsp3) is 0.706. The highest BCUT2D eigenvalue weighted by Gasteiger charge is 2.43. The highest BCUT2D eigenvalue weighted by atomic mass is 32.1. The predicted molar refractivity (Wildman–Crippen MR) is 99.1 cm³/mol. The van der Waals surface area contributed by atoms with Crippen LogP contribution in [-0.2, 0) is 4.79 Å². The lowest BCUT2D eigenvalue weighted by Gasteiger charge is -2.22. The zero-order valence-electron chi connectivity index (χ0n) is 15.2. The van der Waals surface area contributed by atoms with Gasteiger partial charge < -0.3 is 15.1 Å². The van der Waals surface area contributed by atoms with Gasteiger partial charge in [0.25, 0.3) is 5.91 Å². The normalized spacial score (nSPS) is 21.6.